The number of pyridine rings is 1. The van der Waals surface area contributed by atoms with Crippen molar-refractivity contribution in [2.75, 3.05) is 11.9 Å². The molecule has 1 heterocycles. The molecule has 2 aromatic carbocycles. The van der Waals surface area contributed by atoms with Crippen LogP contribution in [0.25, 0.3) is 6.08 Å². The topological polar surface area (TPSA) is 60.5 Å². The summed E-state index contributed by atoms with van der Waals surface area (Å²) >= 11 is 0. The van der Waals surface area contributed by atoms with Crippen molar-refractivity contribution >= 4 is 17.7 Å². The number of carbonyl (C=O) groups is 1. The summed E-state index contributed by atoms with van der Waals surface area (Å²) in [4.78, 5) is 16.2. The smallest absolute Gasteiger partial charge is 0.248 e. The highest BCUT2D eigenvalue weighted by atomic mass is 16.5. The first-order chi connectivity index (χ1) is 13.7. The van der Waals surface area contributed by atoms with Crippen molar-refractivity contribution in [3.05, 3.63) is 90.3 Å². The quantitative estimate of drug-likeness (QED) is 0.580. The van der Waals surface area contributed by atoms with Gasteiger partial charge in [-0.3, -0.25) is 9.78 Å². The molecule has 0 spiro atoms. The van der Waals surface area contributed by atoms with Crippen LogP contribution in [0, 0.1) is 0 Å². The second-order valence-electron chi connectivity index (χ2n) is 6.00. The highest BCUT2D eigenvalue weighted by molar-refractivity contribution is 6.02. The Morgan fingerprint density at radius 3 is 2.64 bits per heavy atom. The molecule has 0 radical (unpaired) electrons. The van der Waals surface area contributed by atoms with Crippen LogP contribution in [0.5, 0.6) is 11.5 Å². The van der Waals surface area contributed by atoms with E-state index in [1.165, 1.54) is 6.08 Å². The molecule has 0 aliphatic heterocycles. The lowest BCUT2D eigenvalue weighted by Gasteiger charge is -2.08. The molecule has 0 unspecified atom stereocenters. The Bertz CT molecular complexity index is 922. The molecule has 0 fully saturated rings. The van der Waals surface area contributed by atoms with Gasteiger partial charge in [-0.1, -0.05) is 24.3 Å². The zero-order valence-corrected chi connectivity index (χ0v) is 15.7. The Balaban J connectivity index is 1.54. The van der Waals surface area contributed by atoms with Crippen LogP contribution in [0.2, 0.25) is 0 Å². The van der Waals surface area contributed by atoms with Crippen molar-refractivity contribution in [1.82, 2.24) is 4.98 Å². The average molecular weight is 374 g/mol. The van der Waals surface area contributed by atoms with Gasteiger partial charge in [-0.2, -0.15) is 0 Å². The lowest BCUT2D eigenvalue weighted by molar-refractivity contribution is -0.111. The Labute approximate surface area is 164 Å². The molecule has 0 atom stereocenters. The number of hydrogen-bond donors (Lipinski definition) is 1. The number of rotatable bonds is 8. The number of benzene rings is 2. The normalized spacial score (nSPS) is 10.6. The molecule has 0 aliphatic carbocycles. The first-order valence-electron chi connectivity index (χ1n) is 9.06. The van der Waals surface area contributed by atoms with Crippen LogP contribution in [0.4, 0.5) is 5.69 Å². The highest BCUT2D eigenvalue weighted by Gasteiger charge is 2.01. The second-order valence-corrected chi connectivity index (χ2v) is 6.00. The van der Waals surface area contributed by atoms with E-state index in [1.54, 1.807) is 24.5 Å². The molecule has 5 heteroatoms. The number of anilines is 1. The molecule has 28 heavy (non-hydrogen) atoms. The largest absolute Gasteiger partial charge is 0.494 e. The van der Waals surface area contributed by atoms with Gasteiger partial charge in [0.25, 0.3) is 0 Å². The van der Waals surface area contributed by atoms with Crippen molar-refractivity contribution in [3.63, 3.8) is 0 Å². The van der Waals surface area contributed by atoms with E-state index in [-0.39, 0.29) is 5.91 Å². The highest BCUT2D eigenvalue weighted by Crippen LogP contribution is 2.19. The van der Waals surface area contributed by atoms with Crippen molar-refractivity contribution in [2.45, 2.75) is 13.5 Å². The van der Waals surface area contributed by atoms with Gasteiger partial charge < -0.3 is 14.8 Å². The fourth-order valence-corrected chi connectivity index (χ4v) is 2.51. The number of amides is 1. The van der Waals surface area contributed by atoms with Crippen LogP contribution in [-0.2, 0) is 11.4 Å². The number of aromatic nitrogens is 1. The molecular formula is C23H22N2O3. The maximum Gasteiger partial charge on any atom is 0.248 e. The van der Waals surface area contributed by atoms with E-state index >= 15 is 0 Å². The van der Waals surface area contributed by atoms with Gasteiger partial charge in [0, 0.05) is 35.8 Å². The zero-order chi connectivity index (χ0) is 19.6. The van der Waals surface area contributed by atoms with Crippen LogP contribution in [0.3, 0.4) is 0 Å². The van der Waals surface area contributed by atoms with Crippen molar-refractivity contribution in [3.8, 4) is 11.5 Å². The summed E-state index contributed by atoms with van der Waals surface area (Å²) < 4.78 is 11.2. The average Bonchev–Trinajstić information content (AvgIpc) is 2.73. The molecule has 1 amide bonds. The number of hydrogen-bond acceptors (Lipinski definition) is 4. The Morgan fingerprint density at radius 1 is 1.04 bits per heavy atom. The summed E-state index contributed by atoms with van der Waals surface area (Å²) in [6.07, 6.45) is 6.74. The molecule has 0 saturated heterocycles. The standard InChI is InChI=1S/C23H22N2O3/c1-2-27-21-11-8-18(9-12-21)10-13-23(26)25-20-6-3-7-22(15-20)28-17-19-5-4-14-24-16-19/h3-16H,2,17H2,1H3,(H,25,26). The minimum Gasteiger partial charge on any atom is -0.494 e. The summed E-state index contributed by atoms with van der Waals surface area (Å²) in [5.74, 6) is 1.28. The van der Waals surface area contributed by atoms with E-state index in [9.17, 15) is 4.79 Å². The first-order valence-corrected chi connectivity index (χ1v) is 9.06. The summed E-state index contributed by atoms with van der Waals surface area (Å²) in [5, 5.41) is 2.84. The third-order valence-corrected chi connectivity index (χ3v) is 3.85. The van der Waals surface area contributed by atoms with Gasteiger partial charge in [-0.05, 0) is 48.9 Å². The third-order valence-electron chi connectivity index (χ3n) is 3.85. The SMILES string of the molecule is CCOc1ccc(C=CC(=O)Nc2cccc(OCc3cccnc3)c2)cc1. The van der Waals surface area contributed by atoms with Crippen LogP contribution >= 0.6 is 0 Å². The van der Waals surface area contributed by atoms with Gasteiger partial charge in [0.2, 0.25) is 5.91 Å². The maximum absolute atomic E-state index is 12.2. The molecule has 142 valence electrons. The van der Waals surface area contributed by atoms with E-state index in [2.05, 4.69) is 10.3 Å². The van der Waals surface area contributed by atoms with E-state index in [4.69, 9.17) is 9.47 Å². The van der Waals surface area contributed by atoms with Gasteiger partial charge in [-0.15, -0.1) is 0 Å². The third kappa shape index (κ3) is 5.99. The van der Waals surface area contributed by atoms with Crippen LogP contribution in [0.15, 0.2) is 79.1 Å². The van der Waals surface area contributed by atoms with Gasteiger partial charge >= 0.3 is 0 Å². The molecule has 0 aliphatic rings. The van der Waals surface area contributed by atoms with Crippen LogP contribution < -0.4 is 14.8 Å². The van der Waals surface area contributed by atoms with Gasteiger partial charge in [0.05, 0.1) is 6.61 Å². The molecular weight excluding hydrogens is 352 g/mol. The van der Waals surface area contributed by atoms with Crippen LogP contribution in [-0.4, -0.2) is 17.5 Å². The first kappa shape index (κ1) is 19.2. The Kier molecular flexibility index (Phi) is 6.79. The predicted octanol–water partition coefficient (Wildman–Crippen LogP) is 4.71. The molecule has 3 aromatic rings. The number of ether oxygens (including phenoxy) is 2. The van der Waals surface area contributed by atoms with Gasteiger partial charge in [0.15, 0.2) is 0 Å². The summed E-state index contributed by atoms with van der Waals surface area (Å²) in [6, 6.07) is 18.7. The van der Waals surface area contributed by atoms with Gasteiger partial charge in [-0.25, -0.2) is 0 Å². The lowest BCUT2D eigenvalue weighted by atomic mass is 10.2. The summed E-state index contributed by atoms with van der Waals surface area (Å²) in [6.45, 7) is 2.99. The minimum atomic E-state index is -0.210. The van der Waals surface area contributed by atoms with Gasteiger partial charge in [0.1, 0.15) is 18.1 Å². The zero-order valence-electron chi connectivity index (χ0n) is 15.7. The number of nitrogens with zero attached hydrogens (tertiary/aromatic N) is 1. The predicted molar refractivity (Wildman–Crippen MR) is 110 cm³/mol. The Morgan fingerprint density at radius 2 is 1.89 bits per heavy atom. The van der Waals surface area contributed by atoms with Crippen molar-refractivity contribution in [1.29, 1.82) is 0 Å². The molecule has 1 N–H and O–H groups in total. The fraction of sp³-hybridized carbons (Fsp3) is 0.130. The lowest BCUT2D eigenvalue weighted by Crippen LogP contribution is -2.07. The van der Waals surface area contributed by atoms with E-state index < -0.39 is 0 Å². The monoisotopic (exact) mass is 374 g/mol. The molecule has 0 bridgehead atoms. The summed E-state index contributed by atoms with van der Waals surface area (Å²) in [7, 11) is 0. The van der Waals surface area contributed by atoms with Crippen molar-refractivity contribution < 1.29 is 14.3 Å². The summed E-state index contributed by atoms with van der Waals surface area (Å²) in [5.41, 5.74) is 2.58. The Hall–Kier alpha value is -3.60. The van der Waals surface area contributed by atoms with Crippen molar-refractivity contribution in [2.24, 2.45) is 0 Å². The molecule has 1 aromatic heterocycles. The van der Waals surface area contributed by atoms with Crippen LogP contribution in [0.1, 0.15) is 18.1 Å². The van der Waals surface area contributed by atoms with E-state index in [0.717, 1.165) is 16.9 Å². The minimum absolute atomic E-state index is 0.210. The molecule has 5 nitrogen and oxygen atoms in total. The molecule has 0 saturated carbocycles. The number of carbonyl (C=O) groups excluding carboxylic acids is 1. The number of nitrogens with one attached hydrogen (secondary N) is 1. The second kappa shape index (κ2) is 9.92. The molecule has 3 rings (SSSR count). The fourth-order valence-electron chi connectivity index (χ4n) is 2.51. The van der Waals surface area contributed by atoms with E-state index in [0.29, 0.717) is 24.7 Å². The maximum atomic E-state index is 12.2. The van der Waals surface area contributed by atoms with E-state index in [1.807, 2.05) is 61.5 Å².